The van der Waals surface area contributed by atoms with Crippen molar-refractivity contribution in [3.63, 3.8) is 0 Å². The van der Waals surface area contributed by atoms with Gasteiger partial charge in [0.25, 0.3) is 0 Å². The number of nitrogens with zero attached hydrogens (tertiary/aromatic N) is 3. The smallest absolute Gasteiger partial charge is 0.153 e. The van der Waals surface area contributed by atoms with Crippen LogP contribution in [0.5, 0.6) is 11.5 Å². The summed E-state index contributed by atoms with van der Waals surface area (Å²) >= 11 is 0. The van der Waals surface area contributed by atoms with Crippen molar-refractivity contribution >= 4 is 0 Å². The number of aryl methyl sites for hydroxylation is 2. The van der Waals surface area contributed by atoms with E-state index < -0.39 is 5.82 Å². The van der Waals surface area contributed by atoms with Gasteiger partial charge in [0.05, 0.1) is 12.4 Å². The third-order valence-electron chi connectivity index (χ3n) is 5.79. The summed E-state index contributed by atoms with van der Waals surface area (Å²) in [5, 5.41) is 4.06. The molecule has 0 saturated heterocycles. The van der Waals surface area contributed by atoms with Crippen molar-refractivity contribution in [1.29, 1.82) is 0 Å². The van der Waals surface area contributed by atoms with Gasteiger partial charge in [0.1, 0.15) is 17.2 Å². The second-order valence-corrected chi connectivity index (χ2v) is 7.98. The van der Waals surface area contributed by atoms with Crippen molar-refractivity contribution < 1.29 is 9.13 Å². The number of ether oxygens (including phenoxy) is 1. The van der Waals surface area contributed by atoms with Gasteiger partial charge in [-0.05, 0) is 43.0 Å². The van der Waals surface area contributed by atoms with Crippen LogP contribution in [0.15, 0.2) is 73.2 Å². The van der Waals surface area contributed by atoms with E-state index in [9.17, 15) is 4.39 Å². The molecule has 5 heteroatoms. The van der Waals surface area contributed by atoms with Gasteiger partial charge in [0.2, 0.25) is 0 Å². The highest BCUT2D eigenvalue weighted by Crippen LogP contribution is 2.53. The average Bonchev–Trinajstić information content (AvgIpc) is 3.44. The highest BCUT2D eigenvalue weighted by atomic mass is 19.1. The maximum absolute atomic E-state index is 14.5. The van der Waals surface area contributed by atoms with Crippen LogP contribution in [-0.2, 0) is 12.5 Å². The van der Waals surface area contributed by atoms with Crippen LogP contribution in [0.2, 0.25) is 0 Å². The van der Waals surface area contributed by atoms with Crippen LogP contribution in [0.3, 0.4) is 0 Å². The molecule has 4 nitrogen and oxygen atoms in total. The molecular weight excluding hydrogens is 377 g/mol. The topological polar surface area (TPSA) is 39.9 Å². The molecule has 0 amide bonds. The highest BCUT2D eigenvalue weighted by Gasteiger charge is 2.45. The van der Waals surface area contributed by atoms with Crippen LogP contribution in [0, 0.1) is 12.7 Å². The van der Waals surface area contributed by atoms with Crippen LogP contribution < -0.4 is 4.74 Å². The number of benzene rings is 2. The van der Waals surface area contributed by atoms with Gasteiger partial charge in [-0.1, -0.05) is 42.0 Å². The first-order chi connectivity index (χ1) is 14.5. The zero-order chi connectivity index (χ0) is 20.7. The molecule has 30 heavy (non-hydrogen) atoms. The maximum Gasteiger partial charge on any atom is 0.153 e. The fourth-order valence-electron chi connectivity index (χ4n) is 3.95. The van der Waals surface area contributed by atoms with E-state index in [1.165, 1.54) is 29.0 Å². The van der Waals surface area contributed by atoms with Gasteiger partial charge in [-0.15, -0.1) is 0 Å². The van der Waals surface area contributed by atoms with Gasteiger partial charge < -0.3 is 4.74 Å². The van der Waals surface area contributed by atoms with E-state index in [0.717, 1.165) is 12.8 Å². The van der Waals surface area contributed by atoms with Crippen molar-refractivity contribution in [1.82, 2.24) is 14.8 Å². The molecule has 0 unspecified atom stereocenters. The van der Waals surface area contributed by atoms with E-state index >= 15 is 0 Å². The Morgan fingerprint density at radius 3 is 2.17 bits per heavy atom. The standard InChI is InChI=1S/C25H22FN3O/c1-17-3-5-19(6-4-17)25(11-12-25)20-7-9-21(10-8-20)30-22-13-23(26)24(27-15-22)18-14-28-29(2)16-18/h3-10,13-16H,11-12H2,1-2H3. The lowest BCUT2D eigenvalue weighted by Crippen LogP contribution is -2.08. The summed E-state index contributed by atoms with van der Waals surface area (Å²) in [4.78, 5) is 4.22. The SMILES string of the molecule is Cc1ccc(C2(c3ccc(Oc4cnc(-c5cnn(C)c5)c(F)c4)cc3)CC2)cc1. The first kappa shape index (κ1) is 18.6. The lowest BCUT2D eigenvalue weighted by molar-refractivity contribution is 0.473. The van der Waals surface area contributed by atoms with E-state index in [1.54, 1.807) is 24.1 Å². The number of pyridine rings is 1. The summed E-state index contributed by atoms with van der Waals surface area (Å²) in [5.74, 6) is 0.592. The summed E-state index contributed by atoms with van der Waals surface area (Å²) in [6.07, 6.45) is 7.16. The minimum absolute atomic E-state index is 0.116. The van der Waals surface area contributed by atoms with E-state index in [1.807, 2.05) is 12.1 Å². The minimum atomic E-state index is -0.437. The van der Waals surface area contributed by atoms with Crippen LogP contribution >= 0.6 is 0 Å². The number of hydrogen-bond donors (Lipinski definition) is 0. The van der Waals surface area contributed by atoms with E-state index in [0.29, 0.717) is 17.1 Å². The number of aromatic nitrogens is 3. The lowest BCUT2D eigenvalue weighted by Gasteiger charge is -2.17. The molecule has 1 aliphatic rings. The van der Waals surface area contributed by atoms with Gasteiger partial charge in [-0.3, -0.25) is 4.68 Å². The average molecular weight is 399 g/mol. The van der Waals surface area contributed by atoms with E-state index in [-0.39, 0.29) is 11.1 Å². The first-order valence-corrected chi connectivity index (χ1v) is 10.0. The van der Waals surface area contributed by atoms with Gasteiger partial charge in [0, 0.05) is 30.3 Å². The predicted molar refractivity (Wildman–Crippen MR) is 114 cm³/mol. The summed E-state index contributed by atoms with van der Waals surface area (Å²) in [7, 11) is 1.78. The van der Waals surface area contributed by atoms with Crippen LogP contribution in [-0.4, -0.2) is 14.8 Å². The molecule has 2 aromatic heterocycles. The molecule has 0 spiro atoms. The van der Waals surface area contributed by atoms with Crippen molar-refractivity contribution in [3.05, 3.63) is 95.7 Å². The zero-order valence-electron chi connectivity index (χ0n) is 17.0. The van der Waals surface area contributed by atoms with E-state index in [2.05, 4.69) is 53.4 Å². The molecule has 0 radical (unpaired) electrons. The fourth-order valence-corrected chi connectivity index (χ4v) is 3.95. The molecule has 2 aromatic carbocycles. The minimum Gasteiger partial charge on any atom is -0.456 e. The maximum atomic E-state index is 14.5. The predicted octanol–water partition coefficient (Wildman–Crippen LogP) is 5.80. The summed E-state index contributed by atoms with van der Waals surface area (Å²) in [6.45, 7) is 2.11. The molecule has 5 rings (SSSR count). The normalized spacial score (nSPS) is 14.5. The number of rotatable bonds is 5. The molecule has 0 bridgehead atoms. The van der Waals surface area contributed by atoms with Gasteiger partial charge >= 0.3 is 0 Å². The molecule has 0 aliphatic heterocycles. The Morgan fingerprint density at radius 1 is 0.933 bits per heavy atom. The van der Waals surface area contributed by atoms with Gasteiger partial charge in [-0.25, -0.2) is 9.37 Å². The van der Waals surface area contributed by atoms with Gasteiger partial charge in [0.15, 0.2) is 5.82 Å². The molecule has 2 heterocycles. The fraction of sp³-hybridized carbons (Fsp3) is 0.200. The largest absolute Gasteiger partial charge is 0.456 e. The zero-order valence-corrected chi connectivity index (χ0v) is 17.0. The van der Waals surface area contributed by atoms with Crippen LogP contribution in [0.4, 0.5) is 4.39 Å². The van der Waals surface area contributed by atoms with E-state index in [4.69, 9.17) is 4.74 Å². The second-order valence-electron chi connectivity index (χ2n) is 7.98. The second kappa shape index (κ2) is 7.10. The van der Waals surface area contributed by atoms with Crippen molar-refractivity contribution in [2.75, 3.05) is 0 Å². The van der Waals surface area contributed by atoms with Crippen molar-refractivity contribution in [3.8, 4) is 22.8 Å². The summed E-state index contributed by atoms with van der Waals surface area (Å²) < 4.78 is 22.0. The first-order valence-electron chi connectivity index (χ1n) is 10.0. The molecule has 1 aliphatic carbocycles. The molecule has 1 fully saturated rings. The molecule has 4 aromatic rings. The Labute approximate surface area is 175 Å². The molecule has 0 atom stereocenters. The Hall–Kier alpha value is -3.47. The Bertz CT molecular complexity index is 1190. The van der Waals surface area contributed by atoms with Crippen LogP contribution in [0.1, 0.15) is 29.5 Å². The molecule has 0 N–H and O–H groups in total. The Balaban J connectivity index is 1.34. The van der Waals surface area contributed by atoms with Crippen LogP contribution in [0.25, 0.3) is 11.3 Å². The van der Waals surface area contributed by atoms with Gasteiger partial charge in [-0.2, -0.15) is 5.10 Å². The monoisotopic (exact) mass is 399 g/mol. The molecular formula is C25H22FN3O. The quantitative estimate of drug-likeness (QED) is 0.426. The molecule has 150 valence electrons. The molecule has 1 saturated carbocycles. The number of halogens is 1. The number of hydrogen-bond acceptors (Lipinski definition) is 3. The summed E-state index contributed by atoms with van der Waals surface area (Å²) in [6, 6.07) is 18.3. The van der Waals surface area contributed by atoms with Crippen molar-refractivity contribution in [2.45, 2.75) is 25.2 Å². The van der Waals surface area contributed by atoms with Crippen molar-refractivity contribution in [2.24, 2.45) is 7.05 Å². The highest BCUT2D eigenvalue weighted by molar-refractivity contribution is 5.58. The Morgan fingerprint density at radius 2 is 1.60 bits per heavy atom. The third-order valence-corrected chi connectivity index (χ3v) is 5.79. The third kappa shape index (κ3) is 3.36. The lowest BCUT2D eigenvalue weighted by atomic mass is 9.88. The Kier molecular flexibility index (Phi) is 4.39. The summed E-state index contributed by atoms with van der Waals surface area (Å²) in [5.41, 5.74) is 4.93.